The van der Waals surface area contributed by atoms with E-state index in [0.29, 0.717) is 0 Å². The van der Waals surface area contributed by atoms with Crippen molar-refractivity contribution in [3.8, 4) is 0 Å². The topological polar surface area (TPSA) is 24.1 Å². The first-order valence-electron chi connectivity index (χ1n) is 8.29. The average Bonchev–Trinajstić information content (AvgIpc) is 2.35. The molecule has 3 rings (SSSR count). The molecule has 0 radical (unpaired) electrons. The van der Waals surface area contributed by atoms with Crippen molar-refractivity contribution in [2.75, 3.05) is 5.32 Å². The normalized spacial score (nSPS) is 34.0. The van der Waals surface area contributed by atoms with Crippen LogP contribution in [0, 0.1) is 17.8 Å². The summed E-state index contributed by atoms with van der Waals surface area (Å²) in [6.45, 7) is 4.76. The number of nitrogens with one attached hydrogen (secondary N) is 2. The molecule has 0 heterocycles. The van der Waals surface area contributed by atoms with Gasteiger partial charge in [0.1, 0.15) is 0 Å². The number of thiocarbonyl (C=S) groups is 1. The number of anilines is 1. The molecule has 22 heavy (non-hydrogen) atoms. The second-order valence-corrected chi connectivity index (χ2v) is 8.37. The van der Waals surface area contributed by atoms with Gasteiger partial charge in [0.25, 0.3) is 0 Å². The van der Waals surface area contributed by atoms with Gasteiger partial charge in [0.15, 0.2) is 5.11 Å². The van der Waals surface area contributed by atoms with Crippen molar-refractivity contribution in [3.63, 3.8) is 0 Å². The minimum Gasteiger partial charge on any atom is -0.357 e. The predicted molar refractivity (Wildman–Crippen MR) is 98.4 cm³/mol. The van der Waals surface area contributed by atoms with E-state index in [1.165, 1.54) is 32.1 Å². The molecule has 1 aromatic rings. The summed E-state index contributed by atoms with van der Waals surface area (Å²) >= 11 is 11.6. The van der Waals surface area contributed by atoms with E-state index in [1.54, 1.807) is 0 Å². The van der Waals surface area contributed by atoms with Crippen LogP contribution < -0.4 is 10.6 Å². The number of fused-ring (bicyclic) bond motifs is 2. The second kappa shape index (κ2) is 6.37. The summed E-state index contributed by atoms with van der Waals surface area (Å²) in [6.07, 6.45) is 6.47. The SMILES string of the molecule is CC1CC2CC(C)CC(NC(=S)Nc3cccc(Cl)c3)(C1)C2. The van der Waals surface area contributed by atoms with Crippen molar-refractivity contribution in [2.24, 2.45) is 17.8 Å². The van der Waals surface area contributed by atoms with E-state index in [-0.39, 0.29) is 5.54 Å². The van der Waals surface area contributed by atoms with E-state index in [4.69, 9.17) is 23.8 Å². The van der Waals surface area contributed by atoms with Crippen LogP contribution in [0.1, 0.15) is 46.0 Å². The van der Waals surface area contributed by atoms with Crippen molar-refractivity contribution in [2.45, 2.75) is 51.5 Å². The summed E-state index contributed by atoms with van der Waals surface area (Å²) in [5, 5.41) is 8.42. The Labute approximate surface area is 144 Å². The molecule has 4 heteroatoms. The summed E-state index contributed by atoms with van der Waals surface area (Å²) < 4.78 is 0. The molecular weight excluding hydrogens is 312 g/mol. The third kappa shape index (κ3) is 3.75. The molecule has 2 N–H and O–H groups in total. The van der Waals surface area contributed by atoms with E-state index >= 15 is 0 Å². The smallest absolute Gasteiger partial charge is 0.171 e. The van der Waals surface area contributed by atoms with Crippen molar-refractivity contribution in [1.82, 2.24) is 5.32 Å². The Balaban J connectivity index is 1.69. The Morgan fingerprint density at radius 1 is 1.18 bits per heavy atom. The van der Waals surface area contributed by atoms with Gasteiger partial charge in [0.2, 0.25) is 0 Å². The lowest BCUT2D eigenvalue weighted by atomic mass is 9.61. The molecule has 2 saturated carbocycles. The van der Waals surface area contributed by atoms with E-state index in [2.05, 4.69) is 24.5 Å². The fraction of sp³-hybridized carbons (Fsp3) is 0.611. The highest BCUT2D eigenvalue weighted by molar-refractivity contribution is 7.80. The van der Waals surface area contributed by atoms with Crippen LogP contribution in [0.3, 0.4) is 0 Å². The molecule has 0 amide bonds. The Kier molecular flexibility index (Phi) is 4.65. The third-order valence-corrected chi connectivity index (χ3v) is 5.53. The molecule has 2 atom stereocenters. The number of hydrogen-bond acceptors (Lipinski definition) is 1. The molecule has 0 aliphatic heterocycles. The third-order valence-electron chi connectivity index (χ3n) is 5.09. The minimum absolute atomic E-state index is 0.183. The molecule has 0 spiro atoms. The van der Waals surface area contributed by atoms with E-state index in [9.17, 15) is 0 Å². The minimum atomic E-state index is 0.183. The molecule has 2 fully saturated rings. The number of benzene rings is 1. The van der Waals surface area contributed by atoms with Crippen LogP contribution in [0.5, 0.6) is 0 Å². The quantitative estimate of drug-likeness (QED) is 0.723. The first-order valence-corrected chi connectivity index (χ1v) is 9.07. The largest absolute Gasteiger partial charge is 0.357 e. The van der Waals surface area contributed by atoms with Gasteiger partial charge in [-0.25, -0.2) is 0 Å². The molecule has 0 saturated heterocycles. The van der Waals surface area contributed by atoms with E-state index < -0.39 is 0 Å². The zero-order valence-electron chi connectivity index (χ0n) is 13.4. The summed E-state index contributed by atoms with van der Waals surface area (Å²) in [5.41, 5.74) is 1.13. The Morgan fingerprint density at radius 3 is 2.50 bits per heavy atom. The molecule has 2 aliphatic rings. The van der Waals surface area contributed by atoms with Gasteiger partial charge in [-0.05, 0) is 80.3 Å². The second-order valence-electron chi connectivity index (χ2n) is 7.53. The van der Waals surface area contributed by atoms with Crippen molar-refractivity contribution >= 4 is 34.6 Å². The van der Waals surface area contributed by atoms with Gasteiger partial charge in [0.05, 0.1) is 0 Å². The monoisotopic (exact) mass is 336 g/mol. The number of rotatable bonds is 2. The number of halogens is 1. The molecule has 2 unspecified atom stereocenters. The first-order chi connectivity index (χ1) is 10.4. The van der Waals surface area contributed by atoms with Gasteiger partial charge >= 0.3 is 0 Å². The fourth-order valence-electron chi connectivity index (χ4n) is 4.83. The van der Waals surface area contributed by atoms with Crippen LogP contribution in [0.2, 0.25) is 5.02 Å². The summed E-state index contributed by atoms with van der Waals surface area (Å²) in [4.78, 5) is 0. The highest BCUT2D eigenvalue weighted by atomic mass is 35.5. The Bertz CT molecular complexity index is 540. The standard InChI is InChI=1S/C18H25ClN2S/c1-12-6-14-7-13(2)10-18(9-12,11-14)21-17(22)20-16-5-3-4-15(19)8-16/h3-5,8,12-14H,6-7,9-11H2,1-2H3,(H2,20,21,22). The van der Waals surface area contributed by atoms with Crippen molar-refractivity contribution in [1.29, 1.82) is 0 Å². The summed E-state index contributed by atoms with van der Waals surface area (Å²) in [5.74, 6) is 2.43. The molecular formula is C18H25ClN2S. The number of hydrogen-bond donors (Lipinski definition) is 2. The summed E-state index contributed by atoms with van der Waals surface area (Å²) in [6, 6.07) is 7.71. The molecule has 2 nitrogen and oxygen atoms in total. The predicted octanol–water partition coefficient (Wildman–Crippen LogP) is 5.23. The lowest BCUT2D eigenvalue weighted by Crippen LogP contribution is -2.57. The maximum atomic E-state index is 6.04. The van der Waals surface area contributed by atoms with Crippen LogP contribution >= 0.6 is 23.8 Å². The lowest BCUT2D eigenvalue weighted by molar-refractivity contribution is 0.0699. The van der Waals surface area contributed by atoms with E-state index in [1.807, 2.05) is 24.3 Å². The van der Waals surface area contributed by atoms with Crippen LogP contribution in [-0.2, 0) is 0 Å². The van der Waals surface area contributed by atoms with Crippen molar-refractivity contribution in [3.05, 3.63) is 29.3 Å². The highest BCUT2D eigenvalue weighted by Crippen LogP contribution is 2.47. The van der Waals surface area contributed by atoms with Gasteiger partial charge in [0, 0.05) is 16.2 Å². The molecule has 1 aromatic carbocycles. The van der Waals surface area contributed by atoms with Crippen LogP contribution in [-0.4, -0.2) is 10.7 Å². The van der Waals surface area contributed by atoms with Gasteiger partial charge in [-0.2, -0.15) is 0 Å². The van der Waals surface area contributed by atoms with Crippen molar-refractivity contribution < 1.29 is 0 Å². The lowest BCUT2D eigenvalue weighted by Gasteiger charge is -2.50. The molecule has 120 valence electrons. The van der Waals surface area contributed by atoms with Crippen LogP contribution in [0.15, 0.2) is 24.3 Å². The van der Waals surface area contributed by atoms with Gasteiger partial charge in [-0.1, -0.05) is 31.5 Å². The molecule has 2 aliphatic carbocycles. The summed E-state index contributed by atoms with van der Waals surface area (Å²) in [7, 11) is 0. The van der Waals surface area contributed by atoms with Gasteiger partial charge < -0.3 is 10.6 Å². The highest BCUT2D eigenvalue weighted by Gasteiger charge is 2.44. The fourth-order valence-corrected chi connectivity index (χ4v) is 5.35. The van der Waals surface area contributed by atoms with Gasteiger partial charge in [-0.3, -0.25) is 0 Å². The zero-order chi connectivity index (χ0) is 15.7. The zero-order valence-corrected chi connectivity index (χ0v) is 14.9. The maximum absolute atomic E-state index is 6.04. The molecule has 2 bridgehead atoms. The Hall–Kier alpha value is -0.800. The molecule has 0 aromatic heterocycles. The van der Waals surface area contributed by atoms with E-state index in [0.717, 1.165) is 33.6 Å². The first kappa shape index (κ1) is 16.1. The van der Waals surface area contributed by atoms with Crippen LogP contribution in [0.4, 0.5) is 5.69 Å². The Morgan fingerprint density at radius 2 is 1.86 bits per heavy atom. The van der Waals surface area contributed by atoms with Crippen LogP contribution in [0.25, 0.3) is 0 Å². The van der Waals surface area contributed by atoms with Gasteiger partial charge in [-0.15, -0.1) is 0 Å². The average molecular weight is 337 g/mol. The maximum Gasteiger partial charge on any atom is 0.171 e.